The van der Waals surface area contributed by atoms with E-state index >= 15 is 0 Å². The molecule has 17 heavy (non-hydrogen) atoms. The van der Waals surface area contributed by atoms with Crippen molar-refractivity contribution >= 4 is 6.03 Å². The van der Waals surface area contributed by atoms with Crippen molar-refractivity contribution in [2.45, 2.75) is 52.0 Å². The number of amides is 2. The predicted molar refractivity (Wildman–Crippen MR) is 68.8 cm³/mol. The Balaban J connectivity index is 2.24. The molecule has 2 amide bonds. The average Bonchev–Trinajstić information content (AvgIpc) is 2.29. The van der Waals surface area contributed by atoms with E-state index in [0.29, 0.717) is 5.92 Å². The van der Waals surface area contributed by atoms with Gasteiger partial charge in [-0.25, -0.2) is 4.79 Å². The van der Waals surface area contributed by atoms with Crippen molar-refractivity contribution in [3.63, 3.8) is 0 Å². The summed E-state index contributed by atoms with van der Waals surface area (Å²) >= 11 is 0. The fraction of sp³-hybridized carbons (Fsp3) is 0.923. The van der Waals surface area contributed by atoms with Gasteiger partial charge in [0.05, 0.1) is 0 Å². The second kappa shape index (κ2) is 7.54. The molecule has 2 atom stereocenters. The number of carbonyl (C=O) groups excluding carboxylic acids is 1. The van der Waals surface area contributed by atoms with Crippen LogP contribution >= 0.6 is 0 Å². The van der Waals surface area contributed by atoms with E-state index in [4.69, 9.17) is 0 Å². The van der Waals surface area contributed by atoms with Crippen molar-refractivity contribution in [2.75, 3.05) is 13.2 Å². The summed E-state index contributed by atoms with van der Waals surface area (Å²) in [7, 11) is 0. The zero-order valence-corrected chi connectivity index (χ0v) is 11.0. The monoisotopic (exact) mass is 242 g/mol. The Morgan fingerprint density at radius 2 is 2.06 bits per heavy atom. The number of nitrogens with one attached hydrogen (secondary N) is 2. The van der Waals surface area contributed by atoms with Gasteiger partial charge in [0.2, 0.25) is 0 Å². The first-order chi connectivity index (χ1) is 8.13. The molecule has 0 spiro atoms. The number of carbonyl (C=O) groups is 1. The number of hydrogen-bond acceptors (Lipinski definition) is 2. The Kier molecular flexibility index (Phi) is 6.34. The molecular weight excluding hydrogens is 216 g/mol. The van der Waals surface area contributed by atoms with Crippen molar-refractivity contribution in [2.24, 2.45) is 11.8 Å². The smallest absolute Gasteiger partial charge is 0.315 e. The predicted octanol–water partition coefficient (Wildman–Crippen LogP) is 1.88. The molecule has 0 bridgehead atoms. The van der Waals surface area contributed by atoms with Gasteiger partial charge in [0.25, 0.3) is 0 Å². The van der Waals surface area contributed by atoms with Crippen molar-refractivity contribution in [1.29, 1.82) is 0 Å². The highest BCUT2D eigenvalue weighted by Crippen LogP contribution is 2.23. The lowest BCUT2D eigenvalue weighted by atomic mass is 9.85. The molecule has 4 heteroatoms. The van der Waals surface area contributed by atoms with Gasteiger partial charge in [0.15, 0.2) is 0 Å². The van der Waals surface area contributed by atoms with Crippen molar-refractivity contribution < 1.29 is 9.90 Å². The molecule has 3 N–H and O–H groups in total. The zero-order chi connectivity index (χ0) is 12.7. The summed E-state index contributed by atoms with van der Waals surface area (Å²) in [6.07, 6.45) is 5.32. The van der Waals surface area contributed by atoms with Gasteiger partial charge in [-0.2, -0.15) is 0 Å². The number of rotatable bonds is 5. The van der Waals surface area contributed by atoms with Crippen LogP contribution in [0.5, 0.6) is 0 Å². The van der Waals surface area contributed by atoms with E-state index < -0.39 is 0 Å². The molecule has 1 saturated carbocycles. The Morgan fingerprint density at radius 3 is 2.71 bits per heavy atom. The third-order valence-corrected chi connectivity index (χ3v) is 3.47. The van der Waals surface area contributed by atoms with E-state index in [1.54, 1.807) is 0 Å². The largest absolute Gasteiger partial charge is 0.396 e. The standard InChI is InChI=1S/C13H26N2O2/c1-10(2)7-8-14-13(17)15-12-6-4-3-5-11(12)9-16/h10-12,16H,3-9H2,1-2H3,(H2,14,15,17). The van der Waals surface area contributed by atoms with Gasteiger partial charge in [0.1, 0.15) is 0 Å². The van der Waals surface area contributed by atoms with Gasteiger partial charge in [-0.05, 0) is 25.2 Å². The van der Waals surface area contributed by atoms with E-state index in [2.05, 4.69) is 24.5 Å². The van der Waals surface area contributed by atoms with E-state index in [0.717, 1.165) is 32.2 Å². The lowest BCUT2D eigenvalue weighted by Gasteiger charge is -2.30. The molecule has 0 aromatic carbocycles. The van der Waals surface area contributed by atoms with Crippen LogP contribution in [-0.4, -0.2) is 30.3 Å². The van der Waals surface area contributed by atoms with Gasteiger partial charge in [-0.15, -0.1) is 0 Å². The van der Waals surface area contributed by atoms with Crippen LogP contribution in [0.4, 0.5) is 4.79 Å². The summed E-state index contributed by atoms with van der Waals surface area (Å²) in [6.45, 7) is 5.18. The molecule has 0 aromatic heterocycles. The van der Waals surface area contributed by atoms with Crippen LogP contribution in [0, 0.1) is 11.8 Å². The SMILES string of the molecule is CC(C)CCNC(=O)NC1CCCCC1CO. The molecule has 1 rings (SSSR count). The first-order valence-corrected chi connectivity index (χ1v) is 6.78. The summed E-state index contributed by atoms with van der Waals surface area (Å²) in [4.78, 5) is 11.7. The lowest BCUT2D eigenvalue weighted by Crippen LogP contribution is -2.47. The van der Waals surface area contributed by atoms with E-state index in [1.807, 2.05) is 0 Å². The van der Waals surface area contributed by atoms with Crippen LogP contribution in [0.25, 0.3) is 0 Å². The summed E-state index contributed by atoms with van der Waals surface area (Å²) < 4.78 is 0. The quantitative estimate of drug-likeness (QED) is 0.689. The number of aliphatic hydroxyl groups excluding tert-OH is 1. The van der Waals surface area contributed by atoms with Crippen LogP contribution in [-0.2, 0) is 0 Å². The van der Waals surface area contributed by atoms with Crippen LogP contribution in [0.2, 0.25) is 0 Å². The molecule has 100 valence electrons. The van der Waals surface area contributed by atoms with Crippen LogP contribution in [0.1, 0.15) is 46.0 Å². The van der Waals surface area contributed by atoms with Gasteiger partial charge in [-0.1, -0.05) is 26.7 Å². The van der Waals surface area contributed by atoms with Gasteiger partial charge in [-0.3, -0.25) is 0 Å². The van der Waals surface area contributed by atoms with E-state index in [9.17, 15) is 9.90 Å². The van der Waals surface area contributed by atoms with Crippen LogP contribution in [0.3, 0.4) is 0 Å². The lowest BCUT2D eigenvalue weighted by molar-refractivity contribution is 0.153. The molecule has 0 heterocycles. The zero-order valence-electron chi connectivity index (χ0n) is 11.0. The van der Waals surface area contributed by atoms with Gasteiger partial charge >= 0.3 is 6.03 Å². The minimum atomic E-state index is -0.0870. The molecule has 0 aromatic rings. The van der Waals surface area contributed by atoms with Crippen LogP contribution in [0.15, 0.2) is 0 Å². The average molecular weight is 242 g/mol. The maximum Gasteiger partial charge on any atom is 0.315 e. The summed E-state index contributed by atoms with van der Waals surface area (Å²) in [5.74, 6) is 0.842. The molecule has 1 fully saturated rings. The molecule has 0 aliphatic heterocycles. The van der Waals surface area contributed by atoms with Crippen molar-refractivity contribution in [3.05, 3.63) is 0 Å². The third kappa shape index (κ3) is 5.39. The molecule has 1 aliphatic carbocycles. The fourth-order valence-corrected chi connectivity index (χ4v) is 2.31. The molecule has 2 unspecified atom stereocenters. The second-order valence-corrected chi connectivity index (χ2v) is 5.42. The Hall–Kier alpha value is -0.770. The maximum absolute atomic E-state index is 11.7. The molecular formula is C13H26N2O2. The number of urea groups is 1. The molecule has 0 saturated heterocycles. The second-order valence-electron chi connectivity index (χ2n) is 5.42. The highest BCUT2D eigenvalue weighted by atomic mass is 16.3. The van der Waals surface area contributed by atoms with Crippen molar-refractivity contribution in [3.8, 4) is 0 Å². The summed E-state index contributed by atoms with van der Waals surface area (Å²) in [5, 5.41) is 15.1. The highest BCUT2D eigenvalue weighted by Gasteiger charge is 2.25. The van der Waals surface area contributed by atoms with Crippen LogP contribution < -0.4 is 10.6 Å². The third-order valence-electron chi connectivity index (χ3n) is 3.47. The fourth-order valence-electron chi connectivity index (χ4n) is 2.31. The first-order valence-electron chi connectivity index (χ1n) is 6.78. The maximum atomic E-state index is 11.7. The van der Waals surface area contributed by atoms with Crippen molar-refractivity contribution in [1.82, 2.24) is 10.6 Å². The highest BCUT2D eigenvalue weighted by molar-refractivity contribution is 5.74. The molecule has 4 nitrogen and oxygen atoms in total. The normalized spacial score (nSPS) is 24.7. The summed E-state index contributed by atoms with van der Waals surface area (Å²) in [5.41, 5.74) is 0. The Labute approximate surface area is 104 Å². The Bertz CT molecular complexity index is 231. The number of hydrogen-bond donors (Lipinski definition) is 3. The minimum Gasteiger partial charge on any atom is -0.396 e. The van der Waals surface area contributed by atoms with E-state index in [1.165, 1.54) is 6.42 Å². The van der Waals surface area contributed by atoms with Gasteiger partial charge < -0.3 is 15.7 Å². The molecule has 1 aliphatic rings. The first kappa shape index (κ1) is 14.3. The Morgan fingerprint density at radius 1 is 1.35 bits per heavy atom. The minimum absolute atomic E-state index is 0.0870. The van der Waals surface area contributed by atoms with E-state index in [-0.39, 0.29) is 24.6 Å². The molecule has 0 radical (unpaired) electrons. The van der Waals surface area contributed by atoms with Gasteiger partial charge in [0, 0.05) is 25.1 Å². The topological polar surface area (TPSA) is 61.4 Å². The summed E-state index contributed by atoms with van der Waals surface area (Å²) in [6, 6.07) is 0.0591. The number of aliphatic hydroxyl groups is 1.